The molecule has 4 saturated carbocycles. The van der Waals surface area contributed by atoms with E-state index in [-0.39, 0.29) is 18.3 Å². The number of hydrogen-bond donors (Lipinski definition) is 11. The summed E-state index contributed by atoms with van der Waals surface area (Å²) in [5, 5.41) is 122. The van der Waals surface area contributed by atoms with Crippen molar-refractivity contribution in [3.63, 3.8) is 0 Å². The molecule has 522 valence electrons. The average molecular weight is 1320 g/mol. The number of fused-ring (bicyclic) bond motifs is 7. The highest BCUT2D eigenvalue weighted by Gasteiger charge is 2.75. The van der Waals surface area contributed by atoms with Crippen LogP contribution in [0.25, 0.3) is 6.08 Å². The Morgan fingerprint density at radius 2 is 1.25 bits per heavy atom. The Morgan fingerprint density at radius 1 is 0.613 bits per heavy atom. The van der Waals surface area contributed by atoms with Gasteiger partial charge in [-0.2, -0.15) is 0 Å². The standard InChI is InChI=1S/C66H96O27/c1-30(69)85-41-25-65(9)33(34-24-61(3,4)54(55(86-31(2)70)66(34,41)29-68)89-42(73)19-16-32-14-12-11-13-15-32)17-18-39-63(7)22-21-40(62(5,6)38(63)20-23-64(39,65)8)88-60-53(93-58-48(79)46(77)45(76)37(26-67)87-58)50(49(80)51(91-60)56(81)82-10)90-59-52(44(75)36(72)28-84-59)92-57-47(78)43(74)35(71)27-83-57/h11-17,19,34-41,43-55,57-60,67-68,71-72,74-80H,18,20-29H2,1-10H3/t34-,35+,36-,37+,38-,39+,40-,41+,43-,44-,45-,46-,47+,48+,49-,50-,51-,52+,53+,54-,55-,57-,58-,59-,60+,63-,64+,65+,66-/m0/s1. The fourth-order valence-electron chi connectivity index (χ4n) is 18.1. The van der Waals surface area contributed by atoms with E-state index >= 15 is 0 Å². The van der Waals surface area contributed by atoms with Crippen LogP contribution in [-0.2, 0) is 76.0 Å². The summed E-state index contributed by atoms with van der Waals surface area (Å²) in [4.78, 5) is 54.5. The van der Waals surface area contributed by atoms with Gasteiger partial charge in [0.25, 0.3) is 0 Å². The molecule has 1 aromatic rings. The van der Waals surface area contributed by atoms with Crippen molar-refractivity contribution in [1.29, 1.82) is 0 Å². The zero-order chi connectivity index (χ0) is 67.8. The van der Waals surface area contributed by atoms with Crippen LogP contribution in [0, 0.1) is 50.2 Å². The number of ether oxygens (including phenoxy) is 12. The molecule has 9 aliphatic rings. The third kappa shape index (κ3) is 12.7. The van der Waals surface area contributed by atoms with Gasteiger partial charge in [-0.25, -0.2) is 9.59 Å². The van der Waals surface area contributed by atoms with Crippen molar-refractivity contribution in [3.05, 3.63) is 53.6 Å². The molecule has 4 aliphatic heterocycles. The van der Waals surface area contributed by atoms with Crippen LogP contribution in [0.15, 0.2) is 48.1 Å². The average Bonchev–Trinajstić information content (AvgIpc) is 0.669. The van der Waals surface area contributed by atoms with E-state index in [4.69, 9.17) is 56.8 Å². The molecule has 4 saturated heterocycles. The highest BCUT2D eigenvalue weighted by molar-refractivity contribution is 5.87. The lowest BCUT2D eigenvalue weighted by Crippen LogP contribution is -2.73. The van der Waals surface area contributed by atoms with Gasteiger partial charge in [-0.3, -0.25) is 9.59 Å². The summed E-state index contributed by atoms with van der Waals surface area (Å²) in [6.07, 6.45) is -28.6. The van der Waals surface area contributed by atoms with Crippen LogP contribution >= 0.6 is 0 Å². The minimum Gasteiger partial charge on any atom is -0.467 e. The van der Waals surface area contributed by atoms with Crippen LogP contribution in [0.2, 0.25) is 0 Å². The molecule has 4 heterocycles. The minimum absolute atomic E-state index is 0.0406. The normalized spacial score (nSPS) is 46.9. The number of methoxy groups -OCH3 is 1. The summed E-state index contributed by atoms with van der Waals surface area (Å²) < 4.78 is 73.6. The van der Waals surface area contributed by atoms with Gasteiger partial charge in [-0.1, -0.05) is 90.4 Å². The smallest absolute Gasteiger partial charge is 0.337 e. The molecule has 10 rings (SSSR count). The number of carbonyl (C=O) groups excluding carboxylic acids is 4. The molecule has 0 spiro atoms. The number of carbonyl (C=O) groups is 4. The zero-order valence-corrected chi connectivity index (χ0v) is 54.3. The summed E-state index contributed by atoms with van der Waals surface area (Å²) >= 11 is 0. The van der Waals surface area contributed by atoms with Crippen molar-refractivity contribution in [2.75, 3.05) is 33.5 Å². The Labute approximate surface area is 540 Å². The molecule has 27 heteroatoms. The van der Waals surface area contributed by atoms with Crippen molar-refractivity contribution in [3.8, 4) is 0 Å². The van der Waals surface area contributed by atoms with Gasteiger partial charge in [0.15, 0.2) is 37.4 Å². The summed E-state index contributed by atoms with van der Waals surface area (Å²) in [7, 11) is 1.04. The van der Waals surface area contributed by atoms with Crippen LogP contribution in [0.5, 0.6) is 0 Å². The number of aliphatic hydroxyl groups excluding tert-OH is 11. The predicted octanol–water partition coefficient (Wildman–Crippen LogP) is 0.215. The fraction of sp³-hybridized carbons (Fsp3) is 0.788. The second-order valence-corrected chi connectivity index (χ2v) is 29.2. The van der Waals surface area contributed by atoms with Crippen molar-refractivity contribution in [2.45, 2.75) is 242 Å². The van der Waals surface area contributed by atoms with E-state index < -0.39 is 224 Å². The maximum atomic E-state index is 13.8. The minimum atomic E-state index is -2.10. The first kappa shape index (κ1) is 71.6. The fourth-order valence-corrected chi connectivity index (χ4v) is 18.1. The summed E-state index contributed by atoms with van der Waals surface area (Å²) in [5.41, 5.74) is -3.01. The SMILES string of the molecule is COC(=O)[C@H]1O[C@@H](O[C@H]2CC[C@]3(C)[C@H]4CC=C5[C@@H]6CC(C)(C)[C@@H](OC(=O)C=Cc7ccccc7)[C@H](OC(C)=O)[C@]6(CO)[C@H](OC(C)=O)C[C@@]5(C)[C@]4(C)CC[C@H]3C2(C)C)[C@H](O[C@@H]2O[C@H](CO)[C@H](O)[C@H](O)[C@H]2O)[C@@H](O[C@@H]2OC[C@H](O)[C@H](O)[C@H]2O[C@@H]2OC[C@@H](O)[C@H](O)[C@H]2O)[C@@H]1O. The van der Waals surface area contributed by atoms with Crippen molar-refractivity contribution >= 4 is 30.0 Å². The molecule has 93 heavy (non-hydrogen) atoms. The molecule has 11 N–H and O–H groups in total. The number of esters is 4. The monoisotopic (exact) mass is 1320 g/mol. The van der Waals surface area contributed by atoms with Crippen LogP contribution in [0.1, 0.15) is 113 Å². The first-order valence-electron chi connectivity index (χ1n) is 32.3. The molecule has 29 atom stereocenters. The Hall–Kier alpha value is -4.18. The van der Waals surface area contributed by atoms with Gasteiger partial charge in [0.2, 0.25) is 0 Å². The van der Waals surface area contributed by atoms with Crippen LogP contribution in [0.3, 0.4) is 0 Å². The molecule has 1 aromatic carbocycles. The molecule has 0 unspecified atom stereocenters. The Morgan fingerprint density at radius 3 is 1.89 bits per heavy atom. The van der Waals surface area contributed by atoms with Gasteiger partial charge < -0.3 is 113 Å². The van der Waals surface area contributed by atoms with Crippen LogP contribution in [0.4, 0.5) is 0 Å². The number of aliphatic hydroxyl groups is 11. The van der Waals surface area contributed by atoms with Gasteiger partial charge >= 0.3 is 23.9 Å². The predicted molar refractivity (Wildman–Crippen MR) is 318 cm³/mol. The zero-order valence-electron chi connectivity index (χ0n) is 54.3. The highest BCUT2D eigenvalue weighted by atomic mass is 16.8. The first-order valence-corrected chi connectivity index (χ1v) is 32.3. The van der Waals surface area contributed by atoms with E-state index in [1.807, 2.05) is 44.2 Å². The Bertz CT molecular complexity index is 2890. The van der Waals surface area contributed by atoms with Gasteiger partial charge in [-0.15, -0.1) is 0 Å². The molecule has 0 amide bonds. The molecule has 5 aliphatic carbocycles. The molecule has 27 nitrogen and oxygen atoms in total. The van der Waals surface area contributed by atoms with E-state index in [0.29, 0.717) is 38.5 Å². The van der Waals surface area contributed by atoms with Crippen molar-refractivity contribution in [2.24, 2.45) is 50.2 Å². The Kier molecular flexibility index (Phi) is 21.0. The third-order valence-electron chi connectivity index (χ3n) is 23.2. The second kappa shape index (κ2) is 27.3. The van der Waals surface area contributed by atoms with E-state index in [1.54, 1.807) is 6.08 Å². The van der Waals surface area contributed by atoms with E-state index in [0.717, 1.165) is 18.2 Å². The van der Waals surface area contributed by atoms with Gasteiger partial charge in [0, 0.05) is 25.3 Å². The van der Waals surface area contributed by atoms with E-state index in [1.165, 1.54) is 19.9 Å². The number of benzene rings is 1. The highest BCUT2D eigenvalue weighted by Crippen LogP contribution is 2.76. The topological polar surface area (TPSA) is 402 Å². The number of allylic oxidation sites excluding steroid dienone is 2. The molecule has 8 fully saturated rings. The lowest BCUT2D eigenvalue weighted by atomic mass is 9.33. The largest absolute Gasteiger partial charge is 0.467 e. The van der Waals surface area contributed by atoms with Gasteiger partial charge in [0.1, 0.15) is 91.6 Å². The molecular weight excluding hydrogens is 1220 g/mol. The van der Waals surface area contributed by atoms with E-state index in [2.05, 4.69) is 40.7 Å². The lowest BCUT2D eigenvalue weighted by Gasteiger charge is -2.72. The van der Waals surface area contributed by atoms with Gasteiger partial charge in [-0.05, 0) is 96.0 Å². The molecular formula is C66H96O27. The first-order chi connectivity index (χ1) is 43.7. The molecule has 0 bridgehead atoms. The summed E-state index contributed by atoms with van der Waals surface area (Å²) in [6.45, 7) is 14.8. The van der Waals surface area contributed by atoms with Crippen molar-refractivity contribution in [1.82, 2.24) is 0 Å². The van der Waals surface area contributed by atoms with Crippen molar-refractivity contribution < 1.29 is 132 Å². The molecule has 0 radical (unpaired) electrons. The Balaban J connectivity index is 0.976. The van der Waals surface area contributed by atoms with E-state index in [9.17, 15) is 75.3 Å². The lowest BCUT2D eigenvalue weighted by molar-refractivity contribution is -0.399. The quantitative estimate of drug-likeness (QED) is 0.0347. The van der Waals surface area contributed by atoms with Crippen LogP contribution < -0.4 is 0 Å². The molecule has 0 aromatic heterocycles. The maximum absolute atomic E-state index is 13.8. The second-order valence-electron chi connectivity index (χ2n) is 29.2. The van der Waals surface area contributed by atoms with Gasteiger partial charge in [0.05, 0.1) is 45.1 Å². The third-order valence-corrected chi connectivity index (χ3v) is 23.2. The number of hydrogen-bond acceptors (Lipinski definition) is 27. The summed E-state index contributed by atoms with van der Waals surface area (Å²) in [5.74, 6) is -3.79. The maximum Gasteiger partial charge on any atom is 0.337 e. The van der Waals surface area contributed by atoms with Crippen LogP contribution in [-0.4, -0.2) is 249 Å². The number of rotatable bonds is 16. The summed E-state index contributed by atoms with van der Waals surface area (Å²) in [6, 6.07) is 9.19.